The van der Waals surface area contributed by atoms with Gasteiger partial charge in [-0.25, -0.2) is 0 Å². The number of aliphatic hydroxyl groups is 2. The first-order valence-corrected chi connectivity index (χ1v) is 4.80. The molecule has 0 aromatic heterocycles. The number of hydrogen-bond donors (Lipinski definition) is 2. The molecule has 1 aromatic rings. The van der Waals surface area contributed by atoms with Crippen LogP contribution in [-0.2, 0) is 0 Å². The molecule has 14 heavy (non-hydrogen) atoms. The molecule has 0 fully saturated rings. The van der Waals surface area contributed by atoms with Crippen molar-refractivity contribution in [1.29, 1.82) is 0 Å². The smallest absolute Gasteiger partial charge is 0.107 e. The third-order valence-corrected chi connectivity index (χ3v) is 2.52. The lowest BCUT2D eigenvalue weighted by molar-refractivity contribution is -0.0497. The van der Waals surface area contributed by atoms with Gasteiger partial charge < -0.3 is 10.2 Å². The predicted octanol–water partition coefficient (Wildman–Crippen LogP) is 2.11. The number of aryl methyl sites for hydroxylation is 2. The van der Waals surface area contributed by atoms with Crippen molar-refractivity contribution >= 4 is 0 Å². The van der Waals surface area contributed by atoms with E-state index in [0.29, 0.717) is 0 Å². The molecule has 2 N–H and O–H groups in total. The van der Waals surface area contributed by atoms with E-state index in [1.54, 1.807) is 13.8 Å². The highest BCUT2D eigenvalue weighted by Gasteiger charge is 2.25. The summed E-state index contributed by atoms with van der Waals surface area (Å²) < 4.78 is 0. The molecule has 1 atom stereocenters. The van der Waals surface area contributed by atoms with Gasteiger partial charge in [-0.2, -0.15) is 0 Å². The molecule has 1 rings (SSSR count). The van der Waals surface area contributed by atoms with Crippen molar-refractivity contribution < 1.29 is 10.2 Å². The van der Waals surface area contributed by atoms with Crippen molar-refractivity contribution in [3.8, 4) is 0 Å². The van der Waals surface area contributed by atoms with E-state index in [-0.39, 0.29) is 0 Å². The second-order valence-corrected chi connectivity index (χ2v) is 4.40. The van der Waals surface area contributed by atoms with Crippen LogP contribution in [0.25, 0.3) is 0 Å². The van der Waals surface area contributed by atoms with Crippen molar-refractivity contribution in [2.45, 2.75) is 39.4 Å². The van der Waals surface area contributed by atoms with Crippen molar-refractivity contribution in [1.82, 2.24) is 0 Å². The fourth-order valence-corrected chi connectivity index (χ4v) is 1.34. The Balaban J connectivity index is 3.03. The largest absolute Gasteiger partial charge is 0.387 e. The normalized spacial score (nSPS) is 14.1. The molecule has 78 valence electrons. The van der Waals surface area contributed by atoms with Gasteiger partial charge in [0.2, 0.25) is 0 Å². The molecule has 2 nitrogen and oxygen atoms in total. The monoisotopic (exact) mass is 194 g/mol. The van der Waals surface area contributed by atoms with Gasteiger partial charge in [0.05, 0.1) is 5.60 Å². The standard InChI is InChI=1S/C12H18O2/c1-8-5-6-10(7-9(8)2)11(13)12(3,4)14/h5-7,11,13-14H,1-4H3. The van der Waals surface area contributed by atoms with Crippen LogP contribution in [0.2, 0.25) is 0 Å². The van der Waals surface area contributed by atoms with E-state index in [2.05, 4.69) is 0 Å². The highest BCUT2D eigenvalue weighted by atomic mass is 16.3. The fourth-order valence-electron chi connectivity index (χ4n) is 1.34. The third kappa shape index (κ3) is 2.34. The van der Waals surface area contributed by atoms with Crippen molar-refractivity contribution in [3.05, 3.63) is 34.9 Å². The van der Waals surface area contributed by atoms with Crippen LogP contribution in [0.5, 0.6) is 0 Å². The van der Waals surface area contributed by atoms with E-state index in [0.717, 1.165) is 11.1 Å². The summed E-state index contributed by atoms with van der Waals surface area (Å²) in [7, 11) is 0. The molecule has 0 amide bonds. The van der Waals surface area contributed by atoms with Crippen LogP contribution in [0.1, 0.15) is 36.6 Å². The van der Waals surface area contributed by atoms with Crippen LogP contribution in [0.4, 0.5) is 0 Å². The second-order valence-electron chi connectivity index (χ2n) is 4.40. The van der Waals surface area contributed by atoms with Gasteiger partial charge >= 0.3 is 0 Å². The topological polar surface area (TPSA) is 40.5 Å². The van der Waals surface area contributed by atoms with E-state index >= 15 is 0 Å². The Bertz CT molecular complexity index is 324. The lowest BCUT2D eigenvalue weighted by Crippen LogP contribution is -2.28. The molecular formula is C12H18O2. The van der Waals surface area contributed by atoms with Crippen LogP contribution in [0.15, 0.2) is 18.2 Å². The summed E-state index contributed by atoms with van der Waals surface area (Å²) >= 11 is 0. The van der Waals surface area contributed by atoms with Gasteiger partial charge in [-0.3, -0.25) is 0 Å². The van der Waals surface area contributed by atoms with Gasteiger partial charge in [-0.1, -0.05) is 18.2 Å². The van der Waals surface area contributed by atoms with E-state index in [1.165, 1.54) is 5.56 Å². The molecular weight excluding hydrogens is 176 g/mol. The molecule has 2 heteroatoms. The Kier molecular flexibility index (Phi) is 2.98. The Labute approximate surface area is 85.2 Å². The van der Waals surface area contributed by atoms with Gasteiger partial charge in [-0.15, -0.1) is 0 Å². The third-order valence-electron chi connectivity index (χ3n) is 2.52. The van der Waals surface area contributed by atoms with E-state index < -0.39 is 11.7 Å². The van der Waals surface area contributed by atoms with Crippen LogP contribution < -0.4 is 0 Å². The van der Waals surface area contributed by atoms with E-state index in [1.807, 2.05) is 32.0 Å². The number of aliphatic hydroxyl groups excluding tert-OH is 1. The minimum atomic E-state index is -1.10. The number of hydrogen-bond acceptors (Lipinski definition) is 2. The maximum Gasteiger partial charge on any atom is 0.107 e. The Hall–Kier alpha value is -0.860. The van der Waals surface area contributed by atoms with Crippen molar-refractivity contribution in [3.63, 3.8) is 0 Å². The molecule has 0 aliphatic heterocycles. The summed E-state index contributed by atoms with van der Waals surface area (Å²) in [6, 6.07) is 5.72. The quantitative estimate of drug-likeness (QED) is 0.757. The van der Waals surface area contributed by atoms with Crippen molar-refractivity contribution in [2.24, 2.45) is 0 Å². The highest BCUT2D eigenvalue weighted by molar-refractivity contribution is 5.31. The molecule has 0 radical (unpaired) electrons. The first-order valence-electron chi connectivity index (χ1n) is 4.80. The predicted molar refractivity (Wildman–Crippen MR) is 57.2 cm³/mol. The summed E-state index contributed by atoms with van der Waals surface area (Å²) in [5, 5.41) is 19.5. The summed E-state index contributed by atoms with van der Waals surface area (Å²) in [5.41, 5.74) is 1.99. The molecule has 0 saturated carbocycles. The lowest BCUT2D eigenvalue weighted by atomic mass is 9.93. The van der Waals surface area contributed by atoms with E-state index in [4.69, 9.17) is 0 Å². The summed E-state index contributed by atoms with van der Waals surface area (Å²) in [6.07, 6.45) is -0.832. The van der Waals surface area contributed by atoms with Gasteiger partial charge in [0.25, 0.3) is 0 Å². The Morgan fingerprint density at radius 3 is 2.14 bits per heavy atom. The molecule has 0 aliphatic carbocycles. The van der Waals surface area contributed by atoms with Gasteiger partial charge in [0.15, 0.2) is 0 Å². The van der Waals surface area contributed by atoms with Gasteiger partial charge in [0, 0.05) is 0 Å². The van der Waals surface area contributed by atoms with Gasteiger partial charge in [-0.05, 0) is 44.4 Å². The zero-order valence-electron chi connectivity index (χ0n) is 9.20. The summed E-state index contributed by atoms with van der Waals surface area (Å²) in [4.78, 5) is 0. The van der Waals surface area contributed by atoms with Gasteiger partial charge in [0.1, 0.15) is 6.10 Å². The van der Waals surface area contributed by atoms with Crippen LogP contribution in [0, 0.1) is 13.8 Å². The molecule has 0 spiro atoms. The average Bonchev–Trinajstić information content (AvgIpc) is 2.07. The molecule has 0 heterocycles. The summed E-state index contributed by atoms with van der Waals surface area (Å²) in [5.74, 6) is 0. The first kappa shape index (κ1) is 11.2. The minimum absolute atomic E-state index is 0.764. The fraction of sp³-hybridized carbons (Fsp3) is 0.500. The molecule has 0 aliphatic rings. The molecule has 1 unspecified atom stereocenters. The summed E-state index contributed by atoms with van der Waals surface area (Å²) in [6.45, 7) is 7.23. The lowest BCUT2D eigenvalue weighted by Gasteiger charge is -2.25. The first-order chi connectivity index (χ1) is 6.32. The Morgan fingerprint density at radius 2 is 1.71 bits per heavy atom. The second kappa shape index (κ2) is 3.71. The minimum Gasteiger partial charge on any atom is -0.387 e. The van der Waals surface area contributed by atoms with Crippen LogP contribution >= 0.6 is 0 Å². The molecule has 0 bridgehead atoms. The Morgan fingerprint density at radius 1 is 1.14 bits per heavy atom. The average molecular weight is 194 g/mol. The maximum atomic E-state index is 9.82. The zero-order valence-corrected chi connectivity index (χ0v) is 9.20. The SMILES string of the molecule is Cc1ccc(C(O)C(C)(C)O)cc1C. The maximum absolute atomic E-state index is 9.82. The van der Waals surface area contributed by atoms with Crippen LogP contribution in [-0.4, -0.2) is 15.8 Å². The molecule has 0 saturated heterocycles. The molecule has 1 aromatic carbocycles. The number of rotatable bonds is 2. The van der Waals surface area contributed by atoms with Crippen LogP contribution in [0.3, 0.4) is 0 Å². The van der Waals surface area contributed by atoms with Crippen molar-refractivity contribution in [2.75, 3.05) is 0 Å². The highest BCUT2D eigenvalue weighted by Crippen LogP contribution is 2.26. The zero-order chi connectivity index (χ0) is 10.9. The number of benzene rings is 1. The van der Waals surface area contributed by atoms with E-state index in [9.17, 15) is 10.2 Å².